The van der Waals surface area contributed by atoms with E-state index in [9.17, 15) is 4.79 Å². The van der Waals surface area contributed by atoms with Crippen LogP contribution >= 0.6 is 0 Å². The molecule has 1 unspecified atom stereocenters. The Morgan fingerprint density at radius 1 is 1.56 bits per heavy atom. The quantitative estimate of drug-likeness (QED) is 0.767. The first kappa shape index (κ1) is 13.5. The van der Waals surface area contributed by atoms with Crippen molar-refractivity contribution >= 4 is 5.91 Å². The predicted molar refractivity (Wildman–Crippen MR) is 64.1 cm³/mol. The van der Waals surface area contributed by atoms with Gasteiger partial charge in [-0.1, -0.05) is 13.3 Å². The molecular formula is C12H24N2O2. The first-order valence-electron chi connectivity index (χ1n) is 6.27. The van der Waals surface area contributed by atoms with Crippen LogP contribution in [0, 0.1) is 0 Å². The minimum atomic E-state index is -0.349. The van der Waals surface area contributed by atoms with E-state index in [1.54, 1.807) is 4.90 Å². The monoisotopic (exact) mass is 228 g/mol. The van der Waals surface area contributed by atoms with Gasteiger partial charge in [0.1, 0.15) is 0 Å². The molecule has 4 heteroatoms. The zero-order valence-corrected chi connectivity index (χ0v) is 10.4. The number of ether oxygens (including phenoxy) is 1. The standard InChI is InChI=1S/C12H24N2O2/c1-3-6-11(13)12(15)14(2)9-10-7-4-5-8-16-10/h10-11H,3-9,13H2,1-2H3/t10?,11-/m1/s1. The van der Waals surface area contributed by atoms with Gasteiger partial charge in [-0.15, -0.1) is 0 Å². The van der Waals surface area contributed by atoms with Gasteiger partial charge >= 0.3 is 0 Å². The molecule has 1 aliphatic heterocycles. The Morgan fingerprint density at radius 3 is 2.88 bits per heavy atom. The van der Waals surface area contributed by atoms with Gasteiger partial charge in [-0.3, -0.25) is 4.79 Å². The predicted octanol–water partition coefficient (Wildman–Crippen LogP) is 1.14. The van der Waals surface area contributed by atoms with Crippen LogP contribution in [0.3, 0.4) is 0 Å². The van der Waals surface area contributed by atoms with Crippen LogP contribution in [0.15, 0.2) is 0 Å². The molecule has 4 nitrogen and oxygen atoms in total. The molecule has 2 N–H and O–H groups in total. The second-order valence-electron chi connectivity index (χ2n) is 4.60. The molecule has 0 saturated carbocycles. The third-order valence-corrected chi connectivity index (χ3v) is 3.04. The Bertz CT molecular complexity index is 215. The average Bonchev–Trinajstić information content (AvgIpc) is 2.29. The average molecular weight is 228 g/mol. The van der Waals surface area contributed by atoms with Gasteiger partial charge in [0.15, 0.2) is 0 Å². The summed E-state index contributed by atoms with van der Waals surface area (Å²) in [7, 11) is 1.82. The van der Waals surface area contributed by atoms with Crippen molar-refractivity contribution in [1.29, 1.82) is 0 Å². The zero-order valence-electron chi connectivity index (χ0n) is 10.4. The highest BCUT2D eigenvalue weighted by molar-refractivity contribution is 5.81. The number of hydrogen-bond donors (Lipinski definition) is 1. The Morgan fingerprint density at radius 2 is 2.31 bits per heavy atom. The lowest BCUT2D eigenvalue weighted by atomic mass is 10.1. The van der Waals surface area contributed by atoms with Gasteiger partial charge in [0.2, 0.25) is 5.91 Å². The first-order valence-corrected chi connectivity index (χ1v) is 6.27. The summed E-state index contributed by atoms with van der Waals surface area (Å²) < 4.78 is 5.60. The molecule has 16 heavy (non-hydrogen) atoms. The van der Waals surface area contributed by atoms with Crippen LogP contribution in [0.1, 0.15) is 39.0 Å². The van der Waals surface area contributed by atoms with E-state index >= 15 is 0 Å². The third kappa shape index (κ3) is 4.10. The molecule has 1 fully saturated rings. The third-order valence-electron chi connectivity index (χ3n) is 3.04. The van der Waals surface area contributed by atoms with Gasteiger partial charge in [-0.05, 0) is 25.7 Å². The molecule has 0 aliphatic carbocycles. The molecular weight excluding hydrogens is 204 g/mol. The molecule has 0 radical (unpaired) electrons. The molecule has 94 valence electrons. The number of nitrogens with two attached hydrogens (primary N) is 1. The van der Waals surface area contributed by atoms with Crippen molar-refractivity contribution in [3.8, 4) is 0 Å². The molecule has 0 aromatic carbocycles. The fourth-order valence-corrected chi connectivity index (χ4v) is 2.06. The molecule has 0 aromatic heterocycles. The number of rotatable bonds is 5. The topological polar surface area (TPSA) is 55.6 Å². The van der Waals surface area contributed by atoms with Gasteiger partial charge in [0.05, 0.1) is 12.1 Å². The van der Waals surface area contributed by atoms with Crippen molar-refractivity contribution in [3.63, 3.8) is 0 Å². The summed E-state index contributed by atoms with van der Waals surface area (Å²) in [6.45, 7) is 3.54. The van der Waals surface area contributed by atoms with Crippen molar-refractivity contribution < 1.29 is 9.53 Å². The highest BCUT2D eigenvalue weighted by atomic mass is 16.5. The Hall–Kier alpha value is -0.610. The maximum absolute atomic E-state index is 11.9. The number of likely N-dealkylation sites (N-methyl/N-ethyl adjacent to an activating group) is 1. The van der Waals surface area contributed by atoms with Gasteiger partial charge in [-0.2, -0.15) is 0 Å². The van der Waals surface area contributed by atoms with Crippen LogP contribution in [0.5, 0.6) is 0 Å². The van der Waals surface area contributed by atoms with Crippen molar-refractivity contribution in [2.75, 3.05) is 20.2 Å². The van der Waals surface area contributed by atoms with Gasteiger partial charge in [-0.25, -0.2) is 0 Å². The second kappa shape index (κ2) is 6.86. The minimum absolute atomic E-state index is 0.0380. The summed E-state index contributed by atoms with van der Waals surface area (Å²) in [6, 6.07) is -0.349. The molecule has 1 heterocycles. The maximum atomic E-state index is 11.9. The Balaban J connectivity index is 2.32. The normalized spacial score (nSPS) is 22.8. The summed E-state index contributed by atoms with van der Waals surface area (Å²) in [4.78, 5) is 13.6. The Kier molecular flexibility index (Phi) is 5.77. The highest BCUT2D eigenvalue weighted by Crippen LogP contribution is 2.13. The van der Waals surface area contributed by atoms with E-state index in [1.807, 2.05) is 14.0 Å². The van der Waals surface area contributed by atoms with Crippen LogP contribution in [0.4, 0.5) is 0 Å². The van der Waals surface area contributed by atoms with E-state index < -0.39 is 0 Å². The summed E-state index contributed by atoms with van der Waals surface area (Å²) in [5.74, 6) is 0.0380. The van der Waals surface area contributed by atoms with E-state index in [1.165, 1.54) is 6.42 Å². The maximum Gasteiger partial charge on any atom is 0.239 e. The number of amides is 1. The van der Waals surface area contributed by atoms with Crippen LogP contribution in [0.25, 0.3) is 0 Å². The Labute approximate surface area is 98.1 Å². The number of hydrogen-bond acceptors (Lipinski definition) is 3. The molecule has 0 spiro atoms. The fraction of sp³-hybridized carbons (Fsp3) is 0.917. The molecule has 0 bridgehead atoms. The first-order chi connectivity index (χ1) is 7.65. The van der Waals surface area contributed by atoms with E-state index in [0.717, 1.165) is 32.3 Å². The van der Waals surface area contributed by atoms with Crippen molar-refractivity contribution in [3.05, 3.63) is 0 Å². The lowest BCUT2D eigenvalue weighted by molar-refractivity contribution is -0.133. The van der Waals surface area contributed by atoms with Gasteiger partial charge in [0.25, 0.3) is 0 Å². The zero-order chi connectivity index (χ0) is 12.0. The SMILES string of the molecule is CCC[C@@H](N)C(=O)N(C)CC1CCCCO1. The lowest BCUT2D eigenvalue weighted by Crippen LogP contribution is -2.45. The molecule has 1 amide bonds. The van der Waals surface area contributed by atoms with Crippen molar-refractivity contribution in [1.82, 2.24) is 4.90 Å². The minimum Gasteiger partial charge on any atom is -0.376 e. The number of carbonyl (C=O) groups is 1. The van der Waals surface area contributed by atoms with Crippen molar-refractivity contribution in [2.45, 2.75) is 51.2 Å². The molecule has 1 aliphatic rings. The van der Waals surface area contributed by atoms with Crippen LogP contribution in [-0.4, -0.2) is 43.2 Å². The number of carbonyl (C=O) groups excluding carboxylic acids is 1. The van der Waals surface area contributed by atoms with Crippen LogP contribution in [-0.2, 0) is 9.53 Å². The van der Waals surface area contributed by atoms with Gasteiger partial charge < -0.3 is 15.4 Å². The molecule has 0 aromatic rings. The lowest BCUT2D eigenvalue weighted by Gasteiger charge is -2.28. The highest BCUT2D eigenvalue weighted by Gasteiger charge is 2.21. The molecule has 1 rings (SSSR count). The van der Waals surface area contributed by atoms with E-state index in [4.69, 9.17) is 10.5 Å². The smallest absolute Gasteiger partial charge is 0.239 e. The molecule has 2 atom stereocenters. The van der Waals surface area contributed by atoms with Crippen molar-refractivity contribution in [2.24, 2.45) is 5.73 Å². The largest absolute Gasteiger partial charge is 0.376 e. The summed E-state index contributed by atoms with van der Waals surface area (Å²) in [5, 5.41) is 0. The number of nitrogens with zero attached hydrogens (tertiary/aromatic N) is 1. The summed E-state index contributed by atoms with van der Waals surface area (Å²) >= 11 is 0. The summed E-state index contributed by atoms with van der Waals surface area (Å²) in [6.07, 6.45) is 5.31. The summed E-state index contributed by atoms with van der Waals surface area (Å²) in [5.41, 5.74) is 5.80. The second-order valence-corrected chi connectivity index (χ2v) is 4.60. The van der Waals surface area contributed by atoms with E-state index in [2.05, 4.69) is 0 Å². The van der Waals surface area contributed by atoms with E-state index in [0.29, 0.717) is 6.54 Å². The molecule has 1 saturated heterocycles. The van der Waals surface area contributed by atoms with Crippen LogP contribution < -0.4 is 5.73 Å². The van der Waals surface area contributed by atoms with Gasteiger partial charge in [0, 0.05) is 20.2 Å². The van der Waals surface area contributed by atoms with E-state index in [-0.39, 0.29) is 18.1 Å². The fourth-order valence-electron chi connectivity index (χ4n) is 2.06. The van der Waals surface area contributed by atoms with Crippen LogP contribution in [0.2, 0.25) is 0 Å².